The van der Waals surface area contributed by atoms with Gasteiger partial charge in [-0.3, -0.25) is 0 Å². The van der Waals surface area contributed by atoms with Gasteiger partial charge in [0.2, 0.25) is 0 Å². The molecule has 272 valence electrons. The van der Waals surface area contributed by atoms with E-state index in [2.05, 4.69) is 37.0 Å². The van der Waals surface area contributed by atoms with Crippen molar-refractivity contribution in [3.63, 3.8) is 0 Å². The zero-order chi connectivity index (χ0) is 37.2. The summed E-state index contributed by atoms with van der Waals surface area (Å²) in [6, 6.07) is 27.8. The molecule has 4 aromatic heterocycles. The highest BCUT2D eigenvalue weighted by Crippen LogP contribution is 2.43. The molecule has 0 aliphatic heterocycles. The highest BCUT2D eigenvalue weighted by molar-refractivity contribution is 6.34. The number of nitrogens with zero attached hydrogens (tertiary/aromatic N) is 1. The van der Waals surface area contributed by atoms with Gasteiger partial charge in [-0.1, -0.05) is 46.4 Å². The fourth-order valence-corrected chi connectivity index (χ4v) is 8.06. The number of ether oxygens (including phenoxy) is 2. The van der Waals surface area contributed by atoms with E-state index in [0.717, 1.165) is 105 Å². The van der Waals surface area contributed by atoms with Crippen molar-refractivity contribution >= 4 is 134 Å². The van der Waals surface area contributed by atoms with Crippen LogP contribution >= 0.6 is 46.4 Å². The Morgan fingerprint density at radius 1 is 0.463 bits per heavy atom. The first-order chi connectivity index (χ1) is 26.2. The third-order valence-electron chi connectivity index (χ3n) is 9.84. The van der Waals surface area contributed by atoms with Gasteiger partial charge >= 0.3 is 0 Å². The summed E-state index contributed by atoms with van der Waals surface area (Å²) in [5.41, 5.74) is 13.6. The number of fused-ring (bicyclic) bond motifs is 12. The van der Waals surface area contributed by atoms with E-state index in [0.29, 0.717) is 39.8 Å². The molecule has 0 bridgehead atoms. The molecule has 0 saturated carbocycles. The largest absolute Gasteiger partial charge is 0.488 e. The van der Waals surface area contributed by atoms with Crippen LogP contribution in [0.4, 0.5) is 0 Å². The third kappa shape index (κ3) is 6.04. The van der Waals surface area contributed by atoms with E-state index in [9.17, 15) is 0 Å². The number of nitrogens with one attached hydrogen (secondary N) is 4. The first kappa shape index (κ1) is 34.9. The zero-order valence-electron chi connectivity index (χ0n) is 29.3. The van der Waals surface area contributed by atoms with Crippen LogP contribution in [0, 0.1) is 0 Å². The van der Waals surface area contributed by atoms with Gasteiger partial charge < -0.3 is 40.0 Å². The Morgan fingerprint density at radius 3 is 1.07 bits per heavy atom. The maximum Gasteiger partial charge on any atom is 0.167 e. The molecule has 6 N–H and O–H groups in total. The number of hydrogen-bond acceptors (Lipinski definition) is 4. The van der Waals surface area contributed by atoms with Gasteiger partial charge in [0.15, 0.2) is 11.5 Å². The van der Waals surface area contributed by atoms with E-state index in [1.54, 1.807) is 0 Å². The molecule has 0 spiro atoms. The van der Waals surface area contributed by atoms with Gasteiger partial charge in [-0.2, -0.15) is 0 Å². The van der Waals surface area contributed by atoms with Crippen molar-refractivity contribution < 1.29 is 9.47 Å². The molecular weight excluding hydrogens is 762 g/mol. The Kier molecular flexibility index (Phi) is 8.93. The monoisotopic (exact) mass is 794 g/mol. The molecule has 0 aliphatic carbocycles. The van der Waals surface area contributed by atoms with Crippen LogP contribution in [-0.4, -0.2) is 65.2 Å². The van der Waals surface area contributed by atoms with Crippen LogP contribution in [0.25, 0.3) is 87.2 Å². The fourth-order valence-electron chi connectivity index (χ4n) is 7.37. The Labute approximate surface area is 329 Å². The number of halogens is 4. The van der Waals surface area contributed by atoms with Gasteiger partial charge in [0, 0.05) is 98.3 Å². The smallest absolute Gasteiger partial charge is 0.167 e. The van der Waals surface area contributed by atoms with Crippen LogP contribution in [0.5, 0.6) is 11.5 Å². The second-order valence-electron chi connectivity index (χ2n) is 13.7. The quantitative estimate of drug-likeness (QED) is 0.111. The topological polar surface area (TPSA) is 111 Å². The molecule has 10 aromatic rings. The second kappa shape index (κ2) is 13.8. The Bertz CT molecular complexity index is 2880. The summed E-state index contributed by atoms with van der Waals surface area (Å²) in [6.07, 6.45) is 0. The molecule has 4 heterocycles. The minimum Gasteiger partial charge on any atom is -0.488 e. The lowest BCUT2D eigenvalue weighted by Crippen LogP contribution is -2.19. The van der Waals surface area contributed by atoms with E-state index < -0.39 is 0 Å². The van der Waals surface area contributed by atoms with E-state index in [-0.39, 0.29) is 0 Å². The predicted octanol–water partition coefficient (Wildman–Crippen LogP) is 11.8. The fraction of sp³-hybridized carbons (Fsp3) is 0.143. The van der Waals surface area contributed by atoms with Gasteiger partial charge in [-0.15, -0.1) is 0 Å². The molecule has 0 saturated heterocycles. The Morgan fingerprint density at radius 2 is 0.778 bits per heavy atom. The van der Waals surface area contributed by atoms with Crippen LogP contribution in [-0.2, 0) is 0 Å². The number of H-pyrrole nitrogens is 4. The third-order valence-corrected chi connectivity index (χ3v) is 10.8. The molecule has 0 radical (unpaired) electrons. The van der Waals surface area contributed by atoms with E-state index >= 15 is 0 Å². The maximum absolute atomic E-state index is 6.29. The van der Waals surface area contributed by atoms with Crippen molar-refractivity contribution in [2.75, 3.05) is 40.4 Å². The number of benzene rings is 6. The molecule has 0 aliphatic rings. The lowest BCUT2D eigenvalue weighted by Gasteiger charge is -2.12. The molecule has 54 heavy (non-hydrogen) atoms. The summed E-state index contributed by atoms with van der Waals surface area (Å²) in [6.45, 7) is 2.29. The van der Waals surface area contributed by atoms with Crippen LogP contribution in [0.1, 0.15) is 0 Å². The van der Waals surface area contributed by atoms with E-state index in [1.807, 2.05) is 86.9 Å². The minimum absolute atomic E-state index is 0.431. The minimum atomic E-state index is 0.431. The number of hydrogen-bond donors (Lipinski definition) is 5. The van der Waals surface area contributed by atoms with Gasteiger partial charge in [-0.05, 0) is 99.0 Å². The second-order valence-corrected chi connectivity index (χ2v) is 15.4. The summed E-state index contributed by atoms with van der Waals surface area (Å²) in [5.74, 6) is 1.59. The molecule has 12 heteroatoms. The zero-order valence-corrected chi connectivity index (χ0v) is 32.3. The summed E-state index contributed by atoms with van der Waals surface area (Å²) in [4.78, 5) is 16.1. The summed E-state index contributed by atoms with van der Waals surface area (Å²) < 4.78 is 12.3. The predicted molar refractivity (Wildman–Crippen MR) is 229 cm³/mol. The molecular formula is C42H34Cl4N6O2. The molecule has 0 unspecified atom stereocenters. The molecule has 0 fully saturated rings. The van der Waals surface area contributed by atoms with Crippen LogP contribution < -0.4 is 15.2 Å². The average molecular weight is 797 g/mol. The molecule has 8 nitrogen and oxygen atoms in total. The van der Waals surface area contributed by atoms with Gasteiger partial charge in [0.25, 0.3) is 0 Å². The molecule has 0 atom stereocenters. The first-order valence-corrected chi connectivity index (χ1v) is 19.0. The van der Waals surface area contributed by atoms with Gasteiger partial charge in [-0.25, -0.2) is 0 Å². The summed E-state index contributed by atoms with van der Waals surface area (Å²) in [7, 11) is 4.07. The van der Waals surface area contributed by atoms with E-state index in [1.165, 1.54) is 0 Å². The van der Waals surface area contributed by atoms with Crippen molar-refractivity contribution in [1.29, 1.82) is 0 Å². The van der Waals surface area contributed by atoms with Gasteiger partial charge in [0.05, 0.1) is 22.1 Å². The summed E-state index contributed by atoms with van der Waals surface area (Å²) >= 11 is 25.0. The van der Waals surface area contributed by atoms with Crippen molar-refractivity contribution in [3.8, 4) is 11.5 Å². The molecule has 10 rings (SSSR count). The highest BCUT2D eigenvalue weighted by Gasteiger charge is 2.20. The Hall–Kier alpha value is -4.80. The molecule has 0 amide bonds. The van der Waals surface area contributed by atoms with Crippen molar-refractivity contribution in [1.82, 2.24) is 24.8 Å². The number of nitrogens with two attached hydrogens (primary N) is 1. The Balaban J connectivity index is 0.000000143. The lowest BCUT2D eigenvalue weighted by atomic mass is 10.1. The van der Waals surface area contributed by atoms with Crippen LogP contribution in [0.2, 0.25) is 20.1 Å². The van der Waals surface area contributed by atoms with Crippen molar-refractivity contribution in [2.45, 2.75) is 0 Å². The van der Waals surface area contributed by atoms with Crippen LogP contribution in [0.15, 0.2) is 84.9 Å². The maximum atomic E-state index is 6.29. The first-order valence-electron chi connectivity index (χ1n) is 17.5. The van der Waals surface area contributed by atoms with E-state index in [4.69, 9.17) is 61.6 Å². The standard InChI is InChI=1S/C22H19Cl2N3O.C20H15Cl2N3O/c1-27(2)7-8-28-22-20-16(14-9-12(23)3-5-18(14)25-20)11-17-15-10-13(24)4-6-19(15)26-21(17)22;21-10-1-3-16-12(7-10)14-9-15-13-8-11(22)2-4-17(13)25-19(15)20(18(14)24-16)26-6-5-23/h3-6,9-11,25-26H,7-8H2,1-2H3;1-4,7-9,24-25H,5-6,23H2. The summed E-state index contributed by atoms with van der Waals surface area (Å²) in [5, 5.41) is 11.4. The SMILES string of the molecule is CN(C)CCOc1c2[nH]c3ccc(Cl)cc3c2cc2c1[nH]c1ccc(Cl)cc12.NCCOc1c2[nH]c3ccc(Cl)cc3c2cc2c1[nH]c1ccc(Cl)cc12. The number of rotatable bonds is 7. The van der Waals surface area contributed by atoms with Gasteiger partial charge in [0.1, 0.15) is 13.2 Å². The van der Waals surface area contributed by atoms with Crippen molar-refractivity contribution in [3.05, 3.63) is 105 Å². The average Bonchev–Trinajstić information content (AvgIpc) is 3.90. The van der Waals surface area contributed by atoms with Crippen molar-refractivity contribution in [2.24, 2.45) is 5.73 Å². The highest BCUT2D eigenvalue weighted by atomic mass is 35.5. The number of likely N-dealkylation sites (N-methyl/N-ethyl adjacent to an activating group) is 1. The molecule has 6 aromatic carbocycles. The number of aromatic amines is 4. The van der Waals surface area contributed by atoms with Crippen LogP contribution in [0.3, 0.4) is 0 Å². The normalized spacial score (nSPS) is 12.1. The number of aromatic nitrogens is 4. The lowest BCUT2D eigenvalue weighted by molar-refractivity contribution is 0.265.